The lowest BCUT2D eigenvalue weighted by atomic mass is 9.96. The Morgan fingerprint density at radius 2 is 0.463 bits per heavy atom. The molecule has 0 atom stereocenters. The molecule has 0 aliphatic carbocycles. The van der Waals surface area contributed by atoms with Crippen LogP contribution in [0.15, 0.2) is 48.5 Å². The predicted molar refractivity (Wildman–Crippen MR) is 243 cm³/mol. The van der Waals surface area contributed by atoms with Crippen LogP contribution < -0.4 is 0 Å². The van der Waals surface area contributed by atoms with E-state index in [4.69, 9.17) is 29.4 Å². The Hall–Kier alpha value is -0.500. The standard InChI is InChI=1S/2C22H38.2H3O3PS/c2*1-3-5-7-9-11-13-17-21-19-15-16-20-22(21)18-14-12-10-8-6-4-2;2*1-4(2,3)5/h2*15-16,19-20H,3-14,17-18H2,1-2H3;2*(H3,1,2,3,5). The summed E-state index contributed by atoms with van der Waals surface area (Å²) in [5.74, 6) is 0. The maximum atomic E-state index is 7.56. The molecule has 2 aromatic rings. The van der Waals surface area contributed by atoms with Crippen molar-refractivity contribution in [1.29, 1.82) is 0 Å². The smallest absolute Gasteiger partial charge is 0.319 e. The lowest BCUT2D eigenvalue weighted by Gasteiger charge is -2.09. The van der Waals surface area contributed by atoms with Gasteiger partial charge in [-0.15, -0.1) is 0 Å². The topological polar surface area (TPSA) is 121 Å². The van der Waals surface area contributed by atoms with Gasteiger partial charge in [-0.05, 0) is 97.2 Å². The van der Waals surface area contributed by atoms with Gasteiger partial charge in [0.05, 0.1) is 0 Å². The molecule has 316 valence electrons. The van der Waals surface area contributed by atoms with Crippen LogP contribution in [0.4, 0.5) is 0 Å². The molecule has 10 heteroatoms. The first-order valence-corrected chi connectivity index (χ1v) is 26.8. The van der Waals surface area contributed by atoms with Crippen molar-refractivity contribution < 1.29 is 29.4 Å². The summed E-state index contributed by atoms with van der Waals surface area (Å²) in [7, 11) is 0. The van der Waals surface area contributed by atoms with E-state index in [1.807, 2.05) is 0 Å². The minimum absolute atomic E-state index is 1.29. The summed E-state index contributed by atoms with van der Waals surface area (Å²) in [6.45, 7) is 1.55. The molecule has 0 aliphatic heterocycles. The van der Waals surface area contributed by atoms with E-state index in [1.54, 1.807) is 22.3 Å². The molecule has 0 amide bonds. The number of hydrogen-bond donors (Lipinski definition) is 6. The molecule has 0 bridgehead atoms. The summed E-state index contributed by atoms with van der Waals surface area (Å²) in [5, 5.41) is 0. The molecular formula is C44H82O6P2S2. The number of rotatable bonds is 28. The summed E-state index contributed by atoms with van der Waals surface area (Å²) < 4.78 is 0. The van der Waals surface area contributed by atoms with E-state index in [2.05, 4.69) is 99.8 Å². The fraction of sp³-hybridized carbons (Fsp3) is 0.727. The van der Waals surface area contributed by atoms with Gasteiger partial charge in [0, 0.05) is 0 Å². The van der Waals surface area contributed by atoms with E-state index in [0.29, 0.717) is 0 Å². The molecule has 6 nitrogen and oxygen atoms in total. The van der Waals surface area contributed by atoms with Gasteiger partial charge in [-0.3, -0.25) is 0 Å². The third-order valence-electron chi connectivity index (χ3n) is 9.44. The second kappa shape index (κ2) is 39.3. The Morgan fingerprint density at radius 3 is 0.630 bits per heavy atom. The molecular weight excluding hydrogens is 751 g/mol. The summed E-state index contributed by atoms with van der Waals surface area (Å²) in [6.07, 6.45) is 38.7. The van der Waals surface area contributed by atoms with Crippen molar-refractivity contribution in [3.05, 3.63) is 70.8 Å². The van der Waals surface area contributed by atoms with Gasteiger partial charge in [0.25, 0.3) is 0 Å². The van der Waals surface area contributed by atoms with Gasteiger partial charge in [-0.25, -0.2) is 0 Å². The highest BCUT2D eigenvalue weighted by Crippen LogP contribution is 2.27. The second-order valence-electron chi connectivity index (χ2n) is 14.6. The SMILES string of the molecule is CCCCCCCCc1ccccc1CCCCCCCC.CCCCCCCCc1ccccc1CCCCCCCC.OP(O)(O)=S.OP(O)(O)=S. The molecule has 0 heterocycles. The minimum Gasteiger partial charge on any atom is -0.325 e. The van der Waals surface area contributed by atoms with Crippen molar-refractivity contribution in [1.82, 2.24) is 0 Å². The molecule has 0 aliphatic rings. The summed E-state index contributed by atoms with van der Waals surface area (Å²) in [5.41, 5.74) is 6.47. The molecule has 0 unspecified atom stereocenters. The van der Waals surface area contributed by atoms with Gasteiger partial charge in [0.1, 0.15) is 0 Å². The van der Waals surface area contributed by atoms with Crippen LogP contribution in [0.25, 0.3) is 0 Å². The van der Waals surface area contributed by atoms with Crippen LogP contribution in [0.5, 0.6) is 0 Å². The average molecular weight is 833 g/mol. The summed E-state index contributed by atoms with van der Waals surface area (Å²) in [6, 6.07) is 18.3. The Bertz CT molecular complexity index is 1010. The van der Waals surface area contributed by atoms with Gasteiger partial charge >= 0.3 is 13.4 Å². The van der Waals surface area contributed by atoms with Gasteiger partial charge in [0.2, 0.25) is 0 Å². The highest BCUT2D eigenvalue weighted by Gasteiger charge is 2.04. The lowest BCUT2D eigenvalue weighted by molar-refractivity contribution is 0.361. The first-order chi connectivity index (χ1) is 25.8. The normalized spacial score (nSPS) is 11.1. The third-order valence-corrected chi connectivity index (χ3v) is 9.44. The average Bonchev–Trinajstić information content (AvgIpc) is 3.11. The van der Waals surface area contributed by atoms with Gasteiger partial charge in [-0.2, -0.15) is 0 Å². The second-order valence-corrected chi connectivity index (χ2v) is 19.6. The Balaban J connectivity index is 0. The van der Waals surface area contributed by atoms with Gasteiger partial charge < -0.3 is 29.4 Å². The van der Waals surface area contributed by atoms with E-state index < -0.39 is 13.4 Å². The van der Waals surface area contributed by atoms with Crippen LogP contribution in [0.3, 0.4) is 0 Å². The fourth-order valence-corrected chi connectivity index (χ4v) is 6.47. The molecule has 0 spiro atoms. The van der Waals surface area contributed by atoms with Crippen molar-refractivity contribution in [2.75, 3.05) is 0 Å². The molecule has 0 aromatic heterocycles. The van der Waals surface area contributed by atoms with E-state index in [9.17, 15) is 0 Å². The van der Waals surface area contributed by atoms with Crippen LogP contribution >= 0.6 is 13.4 Å². The van der Waals surface area contributed by atoms with Crippen molar-refractivity contribution in [3.8, 4) is 0 Å². The van der Waals surface area contributed by atoms with Crippen LogP contribution in [0.1, 0.15) is 204 Å². The monoisotopic (exact) mass is 833 g/mol. The van der Waals surface area contributed by atoms with Crippen LogP contribution in [-0.4, -0.2) is 29.4 Å². The predicted octanol–water partition coefficient (Wildman–Crippen LogP) is 13.4. The Kier molecular flexibility index (Phi) is 40.5. The molecule has 2 rings (SSSR count). The summed E-state index contributed by atoms with van der Waals surface area (Å²) in [4.78, 5) is 45.3. The van der Waals surface area contributed by atoms with Crippen molar-refractivity contribution >= 4 is 37.1 Å². The van der Waals surface area contributed by atoms with E-state index >= 15 is 0 Å². The molecule has 0 radical (unpaired) electrons. The first-order valence-electron chi connectivity index (χ1n) is 21.5. The van der Waals surface area contributed by atoms with Crippen LogP contribution in [0.2, 0.25) is 0 Å². The number of benzene rings is 2. The minimum atomic E-state index is -3.81. The zero-order chi connectivity index (χ0) is 40.8. The quantitative estimate of drug-likeness (QED) is 0.0370. The molecule has 54 heavy (non-hydrogen) atoms. The van der Waals surface area contributed by atoms with Crippen molar-refractivity contribution in [3.63, 3.8) is 0 Å². The first kappa shape index (κ1) is 55.6. The Morgan fingerprint density at radius 1 is 0.315 bits per heavy atom. The number of hydrogen-bond acceptors (Lipinski definition) is 2. The summed E-state index contributed by atoms with van der Waals surface area (Å²) >= 11 is 7.21. The van der Waals surface area contributed by atoms with E-state index in [0.717, 1.165) is 0 Å². The third kappa shape index (κ3) is 45.9. The number of unbranched alkanes of at least 4 members (excludes halogenated alkanes) is 20. The highest BCUT2D eigenvalue weighted by atomic mass is 32.5. The fourth-order valence-electron chi connectivity index (χ4n) is 6.47. The largest absolute Gasteiger partial charge is 0.325 e. The molecule has 0 fully saturated rings. The number of aryl methyl sites for hydroxylation is 4. The molecule has 2 aromatic carbocycles. The molecule has 6 N–H and O–H groups in total. The van der Waals surface area contributed by atoms with E-state index in [1.165, 1.54) is 180 Å². The molecule has 0 saturated heterocycles. The van der Waals surface area contributed by atoms with Crippen LogP contribution in [0, 0.1) is 0 Å². The zero-order valence-corrected chi connectivity index (χ0v) is 38.2. The van der Waals surface area contributed by atoms with Gasteiger partial charge in [0.15, 0.2) is 0 Å². The highest BCUT2D eigenvalue weighted by molar-refractivity contribution is 8.06. The maximum absolute atomic E-state index is 7.56. The van der Waals surface area contributed by atoms with Crippen molar-refractivity contribution in [2.45, 2.75) is 207 Å². The maximum Gasteiger partial charge on any atom is 0.319 e. The van der Waals surface area contributed by atoms with Crippen LogP contribution in [-0.2, 0) is 49.3 Å². The van der Waals surface area contributed by atoms with Crippen molar-refractivity contribution in [2.24, 2.45) is 0 Å². The molecule has 0 saturated carbocycles. The van der Waals surface area contributed by atoms with E-state index in [-0.39, 0.29) is 0 Å². The lowest BCUT2D eigenvalue weighted by Crippen LogP contribution is -1.95. The Labute approximate surface area is 343 Å². The van der Waals surface area contributed by atoms with Gasteiger partial charge in [-0.1, -0.05) is 205 Å². The zero-order valence-electron chi connectivity index (χ0n) is 34.8.